The van der Waals surface area contributed by atoms with Gasteiger partial charge in [-0.05, 0) is 33.8 Å². The highest BCUT2D eigenvalue weighted by atomic mass is 16.2. The summed E-state index contributed by atoms with van der Waals surface area (Å²) in [4.78, 5) is 27.1. The lowest BCUT2D eigenvalue weighted by Crippen LogP contribution is -2.47. The SMILES string of the molecule is CC(Nc1cc(C(N)=O)c(N)cn1)C(=O)NC(C)(C)C. The molecule has 6 N–H and O–H groups in total. The number of carbonyl (C=O) groups excluding carboxylic acids is 2. The van der Waals surface area contributed by atoms with Crippen LogP contribution in [-0.2, 0) is 4.79 Å². The van der Waals surface area contributed by atoms with Crippen molar-refractivity contribution in [3.8, 4) is 0 Å². The summed E-state index contributed by atoms with van der Waals surface area (Å²) in [7, 11) is 0. The minimum absolute atomic E-state index is 0.170. The lowest BCUT2D eigenvalue weighted by atomic mass is 10.1. The molecule has 0 aliphatic heterocycles. The highest BCUT2D eigenvalue weighted by molar-refractivity contribution is 5.98. The fraction of sp³-hybridized carbons (Fsp3) is 0.462. The second kappa shape index (κ2) is 5.77. The van der Waals surface area contributed by atoms with Gasteiger partial charge in [0, 0.05) is 5.54 Å². The molecule has 0 aromatic carbocycles. The molecular weight excluding hydrogens is 258 g/mol. The smallest absolute Gasteiger partial charge is 0.250 e. The number of hydrogen-bond acceptors (Lipinski definition) is 5. The Hall–Kier alpha value is -2.31. The molecule has 1 aromatic heterocycles. The maximum absolute atomic E-state index is 11.9. The normalized spacial score (nSPS) is 12.6. The summed E-state index contributed by atoms with van der Waals surface area (Å²) in [6, 6.07) is 0.921. The van der Waals surface area contributed by atoms with E-state index in [9.17, 15) is 9.59 Å². The van der Waals surface area contributed by atoms with Crippen LogP contribution in [0.25, 0.3) is 0 Å². The third-order valence-corrected chi connectivity index (χ3v) is 2.46. The second-order valence-electron chi connectivity index (χ2n) is 5.63. The number of anilines is 2. The summed E-state index contributed by atoms with van der Waals surface area (Å²) in [6.45, 7) is 7.38. The van der Waals surface area contributed by atoms with E-state index in [0.717, 1.165) is 0 Å². The quantitative estimate of drug-likeness (QED) is 0.638. The lowest BCUT2D eigenvalue weighted by Gasteiger charge is -2.24. The van der Waals surface area contributed by atoms with Gasteiger partial charge in [0.25, 0.3) is 5.91 Å². The lowest BCUT2D eigenvalue weighted by molar-refractivity contribution is -0.122. The fourth-order valence-electron chi connectivity index (χ4n) is 1.52. The minimum Gasteiger partial charge on any atom is -0.397 e. The predicted octanol–water partition coefficient (Wildman–Crippen LogP) is 0.478. The van der Waals surface area contributed by atoms with Crippen molar-refractivity contribution < 1.29 is 9.59 Å². The Labute approximate surface area is 118 Å². The van der Waals surface area contributed by atoms with E-state index in [1.54, 1.807) is 6.92 Å². The average molecular weight is 279 g/mol. The number of nitrogens with two attached hydrogens (primary N) is 2. The van der Waals surface area contributed by atoms with Gasteiger partial charge in [-0.1, -0.05) is 0 Å². The van der Waals surface area contributed by atoms with Crippen LogP contribution in [0.3, 0.4) is 0 Å². The van der Waals surface area contributed by atoms with Crippen molar-refractivity contribution in [2.24, 2.45) is 5.73 Å². The molecule has 1 rings (SSSR count). The number of amides is 2. The Morgan fingerprint density at radius 3 is 2.45 bits per heavy atom. The van der Waals surface area contributed by atoms with E-state index < -0.39 is 11.9 Å². The van der Waals surface area contributed by atoms with Crippen LogP contribution in [0.4, 0.5) is 11.5 Å². The van der Waals surface area contributed by atoms with Gasteiger partial charge in [0.15, 0.2) is 0 Å². The summed E-state index contributed by atoms with van der Waals surface area (Å²) in [5, 5.41) is 5.74. The van der Waals surface area contributed by atoms with Crippen LogP contribution in [0, 0.1) is 0 Å². The molecule has 7 heteroatoms. The van der Waals surface area contributed by atoms with Gasteiger partial charge < -0.3 is 22.1 Å². The molecule has 20 heavy (non-hydrogen) atoms. The van der Waals surface area contributed by atoms with Crippen molar-refractivity contribution in [3.63, 3.8) is 0 Å². The van der Waals surface area contributed by atoms with E-state index in [2.05, 4.69) is 15.6 Å². The third-order valence-electron chi connectivity index (χ3n) is 2.46. The Morgan fingerprint density at radius 1 is 1.35 bits per heavy atom. The van der Waals surface area contributed by atoms with Crippen molar-refractivity contribution in [2.45, 2.75) is 39.3 Å². The first-order valence-corrected chi connectivity index (χ1v) is 6.24. The van der Waals surface area contributed by atoms with Gasteiger partial charge in [-0.3, -0.25) is 9.59 Å². The number of aromatic nitrogens is 1. The van der Waals surface area contributed by atoms with Crippen LogP contribution in [0.5, 0.6) is 0 Å². The molecule has 0 bridgehead atoms. The van der Waals surface area contributed by atoms with E-state index >= 15 is 0 Å². The van der Waals surface area contributed by atoms with Gasteiger partial charge >= 0.3 is 0 Å². The van der Waals surface area contributed by atoms with Crippen LogP contribution in [-0.4, -0.2) is 28.4 Å². The highest BCUT2D eigenvalue weighted by Crippen LogP contribution is 2.15. The van der Waals surface area contributed by atoms with Crippen LogP contribution in [0.2, 0.25) is 0 Å². The molecule has 7 nitrogen and oxygen atoms in total. The number of nitrogen functional groups attached to an aromatic ring is 1. The van der Waals surface area contributed by atoms with Crippen LogP contribution in [0.15, 0.2) is 12.3 Å². The molecule has 0 saturated carbocycles. The van der Waals surface area contributed by atoms with Gasteiger partial charge in [0.05, 0.1) is 17.4 Å². The first-order chi connectivity index (χ1) is 9.10. The molecule has 0 spiro atoms. The van der Waals surface area contributed by atoms with Crippen molar-refractivity contribution in [2.75, 3.05) is 11.1 Å². The molecule has 1 atom stereocenters. The zero-order valence-corrected chi connectivity index (χ0v) is 12.2. The monoisotopic (exact) mass is 279 g/mol. The van der Waals surface area contributed by atoms with Crippen LogP contribution < -0.4 is 22.1 Å². The van der Waals surface area contributed by atoms with E-state index in [-0.39, 0.29) is 22.7 Å². The highest BCUT2D eigenvalue weighted by Gasteiger charge is 2.19. The van der Waals surface area contributed by atoms with E-state index in [1.165, 1.54) is 12.3 Å². The molecule has 1 unspecified atom stereocenters. The standard InChI is InChI=1S/C13H21N5O2/c1-7(12(20)18-13(2,3)4)17-10-5-8(11(15)19)9(14)6-16-10/h5-7H,14H2,1-4H3,(H2,15,19)(H,16,17)(H,18,20). The molecule has 0 radical (unpaired) electrons. The Morgan fingerprint density at radius 2 is 1.95 bits per heavy atom. The summed E-state index contributed by atoms with van der Waals surface area (Å²) in [5.74, 6) is -0.443. The molecular formula is C13H21N5O2. The molecule has 1 heterocycles. The third kappa shape index (κ3) is 4.42. The van der Waals surface area contributed by atoms with Crippen molar-refractivity contribution in [1.29, 1.82) is 0 Å². The fourth-order valence-corrected chi connectivity index (χ4v) is 1.52. The predicted molar refractivity (Wildman–Crippen MR) is 78.1 cm³/mol. The topological polar surface area (TPSA) is 123 Å². The van der Waals surface area contributed by atoms with Crippen LogP contribution >= 0.6 is 0 Å². The van der Waals surface area contributed by atoms with E-state index in [4.69, 9.17) is 11.5 Å². The number of nitrogens with one attached hydrogen (secondary N) is 2. The molecule has 0 aliphatic carbocycles. The zero-order valence-electron chi connectivity index (χ0n) is 12.2. The number of pyridine rings is 1. The van der Waals surface area contributed by atoms with Crippen molar-refractivity contribution >= 4 is 23.3 Å². The molecule has 110 valence electrons. The maximum Gasteiger partial charge on any atom is 0.250 e. The first-order valence-electron chi connectivity index (χ1n) is 6.24. The molecule has 1 aromatic rings. The minimum atomic E-state index is -0.639. The number of nitrogens with zero attached hydrogens (tertiary/aromatic N) is 1. The van der Waals surface area contributed by atoms with Gasteiger partial charge in [-0.25, -0.2) is 4.98 Å². The zero-order chi connectivity index (χ0) is 15.5. The largest absolute Gasteiger partial charge is 0.397 e. The number of hydrogen-bond donors (Lipinski definition) is 4. The van der Waals surface area contributed by atoms with Gasteiger partial charge in [0.2, 0.25) is 5.91 Å². The van der Waals surface area contributed by atoms with E-state index in [1.807, 2.05) is 20.8 Å². The summed E-state index contributed by atoms with van der Waals surface area (Å²) in [5.41, 5.74) is 10.9. The first kappa shape index (κ1) is 15.7. The maximum atomic E-state index is 11.9. The molecule has 0 saturated heterocycles. The second-order valence-corrected chi connectivity index (χ2v) is 5.63. The number of rotatable bonds is 4. The Kier molecular flexibility index (Phi) is 4.54. The van der Waals surface area contributed by atoms with Crippen molar-refractivity contribution in [3.05, 3.63) is 17.8 Å². The number of primary amides is 1. The van der Waals surface area contributed by atoms with Gasteiger partial charge in [-0.2, -0.15) is 0 Å². The number of carbonyl (C=O) groups is 2. The molecule has 0 aliphatic rings. The Balaban J connectivity index is 2.81. The Bertz CT molecular complexity index is 522. The van der Waals surface area contributed by atoms with Crippen LogP contribution in [0.1, 0.15) is 38.1 Å². The van der Waals surface area contributed by atoms with E-state index in [0.29, 0.717) is 5.82 Å². The summed E-state index contributed by atoms with van der Waals surface area (Å²) < 4.78 is 0. The van der Waals surface area contributed by atoms with Crippen molar-refractivity contribution in [1.82, 2.24) is 10.3 Å². The molecule has 2 amide bonds. The van der Waals surface area contributed by atoms with Gasteiger partial charge in [0.1, 0.15) is 11.9 Å². The van der Waals surface area contributed by atoms with Gasteiger partial charge in [-0.15, -0.1) is 0 Å². The average Bonchev–Trinajstić information content (AvgIpc) is 2.28. The summed E-state index contributed by atoms with van der Waals surface area (Å²) >= 11 is 0. The summed E-state index contributed by atoms with van der Waals surface area (Å²) in [6.07, 6.45) is 1.33. The molecule has 0 fully saturated rings.